The minimum atomic E-state index is -4.12. The van der Waals surface area contributed by atoms with Gasteiger partial charge >= 0.3 is 0 Å². The number of ether oxygens (including phenoxy) is 1. The molecule has 0 aliphatic rings. The summed E-state index contributed by atoms with van der Waals surface area (Å²) in [6.07, 6.45) is 0.504. The SMILES string of the molecule is COc1cccc(N(CC(=O)N(CCc2ccccc2)[C@@H](C)C(=O)NC(C)(C)C)S(=O)(=O)c2ccccc2)c1. The van der Waals surface area contributed by atoms with E-state index in [0.717, 1.165) is 9.87 Å². The molecule has 0 unspecified atom stereocenters. The number of hydrogen-bond donors (Lipinski definition) is 1. The second kappa shape index (κ2) is 12.8. The number of nitrogens with one attached hydrogen (secondary N) is 1. The summed E-state index contributed by atoms with van der Waals surface area (Å²) in [5.41, 5.74) is 0.782. The summed E-state index contributed by atoms with van der Waals surface area (Å²) < 4.78 is 34.0. The molecule has 8 nitrogen and oxygen atoms in total. The van der Waals surface area contributed by atoms with Gasteiger partial charge in [0.1, 0.15) is 18.3 Å². The van der Waals surface area contributed by atoms with E-state index >= 15 is 0 Å². The number of hydrogen-bond acceptors (Lipinski definition) is 5. The number of benzene rings is 3. The number of amides is 2. The normalized spacial score (nSPS) is 12.3. The first kappa shape index (κ1) is 29.7. The zero-order valence-corrected chi connectivity index (χ0v) is 23.9. The maximum absolute atomic E-state index is 13.9. The van der Waals surface area contributed by atoms with E-state index < -0.39 is 34.1 Å². The lowest BCUT2D eigenvalue weighted by Gasteiger charge is -2.33. The fourth-order valence-corrected chi connectivity index (χ4v) is 5.49. The third kappa shape index (κ3) is 8.07. The van der Waals surface area contributed by atoms with Crippen LogP contribution in [0.4, 0.5) is 5.69 Å². The lowest BCUT2D eigenvalue weighted by atomic mass is 10.1. The van der Waals surface area contributed by atoms with Crippen molar-refractivity contribution in [3.63, 3.8) is 0 Å². The Morgan fingerprint density at radius 1 is 0.923 bits per heavy atom. The molecule has 0 heterocycles. The van der Waals surface area contributed by atoms with Crippen LogP contribution in [0.15, 0.2) is 89.8 Å². The van der Waals surface area contributed by atoms with E-state index in [-0.39, 0.29) is 23.0 Å². The average molecular weight is 552 g/mol. The molecule has 0 fully saturated rings. The minimum Gasteiger partial charge on any atom is -0.497 e. The Morgan fingerprint density at radius 2 is 1.54 bits per heavy atom. The summed E-state index contributed by atoms with van der Waals surface area (Å²) in [7, 11) is -2.63. The summed E-state index contributed by atoms with van der Waals surface area (Å²) in [6.45, 7) is 7.00. The van der Waals surface area contributed by atoms with Crippen LogP contribution < -0.4 is 14.4 Å². The quantitative estimate of drug-likeness (QED) is 0.384. The van der Waals surface area contributed by atoms with Crippen LogP contribution in [0.3, 0.4) is 0 Å². The van der Waals surface area contributed by atoms with Crippen LogP contribution in [-0.2, 0) is 26.0 Å². The summed E-state index contributed by atoms with van der Waals surface area (Å²) in [4.78, 5) is 28.5. The Kier molecular flexibility index (Phi) is 9.75. The van der Waals surface area contributed by atoms with Gasteiger partial charge in [-0.1, -0.05) is 54.6 Å². The Labute approximate surface area is 231 Å². The Morgan fingerprint density at radius 3 is 2.13 bits per heavy atom. The molecule has 0 saturated heterocycles. The topological polar surface area (TPSA) is 96.0 Å². The summed E-state index contributed by atoms with van der Waals surface area (Å²) in [5, 5.41) is 2.93. The molecule has 1 N–H and O–H groups in total. The number of rotatable bonds is 11. The Bertz CT molecular complexity index is 1360. The van der Waals surface area contributed by atoms with Crippen LogP contribution in [0.25, 0.3) is 0 Å². The third-order valence-corrected chi connectivity index (χ3v) is 7.89. The van der Waals surface area contributed by atoms with Gasteiger partial charge < -0.3 is 15.0 Å². The third-order valence-electron chi connectivity index (χ3n) is 6.10. The number of anilines is 1. The van der Waals surface area contributed by atoms with Gasteiger partial charge in [-0.2, -0.15) is 0 Å². The van der Waals surface area contributed by atoms with Crippen LogP contribution in [0.1, 0.15) is 33.3 Å². The van der Waals surface area contributed by atoms with Crippen molar-refractivity contribution >= 4 is 27.5 Å². The standard InChI is InChI=1S/C30H37N3O5S/c1-23(29(35)31-30(2,3)4)32(20-19-24-13-8-6-9-14-24)28(34)22-33(25-15-12-16-26(21-25)38-5)39(36,37)27-17-10-7-11-18-27/h6-18,21,23H,19-20,22H2,1-5H3,(H,31,35)/t23-/m0/s1. The fourth-order valence-electron chi connectivity index (χ4n) is 4.06. The van der Waals surface area contributed by atoms with E-state index in [1.165, 1.54) is 24.1 Å². The maximum atomic E-state index is 13.9. The summed E-state index contributed by atoms with van der Waals surface area (Å²) in [5.74, 6) is -0.361. The van der Waals surface area contributed by atoms with Gasteiger partial charge in [0.2, 0.25) is 11.8 Å². The monoisotopic (exact) mass is 551 g/mol. The molecule has 3 aromatic carbocycles. The van der Waals surface area contributed by atoms with Crippen molar-refractivity contribution in [2.24, 2.45) is 0 Å². The van der Waals surface area contributed by atoms with Crippen LogP contribution in [-0.4, -0.2) is 56.9 Å². The largest absolute Gasteiger partial charge is 0.497 e. The molecule has 2 amide bonds. The van der Waals surface area contributed by atoms with Gasteiger partial charge in [-0.05, 0) is 63.9 Å². The first-order valence-electron chi connectivity index (χ1n) is 12.8. The minimum absolute atomic E-state index is 0.0509. The second-order valence-electron chi connectivity index (χ2n) is 10.3. The van der Waals surface area contributed by atoms with Crippen molar-refractivity contribution in [1.29, 1.82) is 0 Å². The van der Waals surface area contributed by atoms with Gasteiger partial charge in [-0.25, -0.2) is 8.42 Å². The highest BCUT2D eigenvalue weighted by atomic mass is 32.2. The average Bonchev–Trinajstić information content (AvgIpc) is 2.91. The highest BCUT2D eigenvalue weighted by Gasteiger charge is 2.33. The van der Waals surface area contributed by atoms with Gasteiger partial charge in [0.15, 0.2) is 0 Å². The van der Waals surface area contributed by atoms with Crippen molar-refractivity contribution in [1.82, 2.24) is 10.2 Å². The molecule has 39 heavy (non-hydrogen) atoms. The molecule has 0 aliphatic carbocycles. The molecule has 208 valence electrons. The number of methoxy groups -OCH3 is 1. The van der Waals surface area contributed by atoms with E-state index in [1.807, 2.05) is 51.1 Å². The Hall–Kier alpha value is -3.85. The van der Waals surface area contributed by atoms with E-state index in [4.69, 9.17) is 4.74 Å². The molecule has 3 rings (SSSR count). The van der Waals surface area contributed by atoms with Gasteiger partial charge in [0.25, 0.3) is 10.0 Å². The molecule has 9 heteroatoms. The molecule has 0 aromatic heterocycles. The number of nitrogens with zero attached hydrogens (tertiary/aromatic N) is 2. The van der Waals surface area contributed by atoms with Crippen molar-refractivity contribution < 1.29 is 22.7 Å². The lowest BCUT2D eigenvalue weighted by molar-refractivity contribution is -0.139. The zero-order chi connectivity index (χ0) is 28.6. The molecular formula is C30H37N3O5S. The van der Waals surface area contributed by atoms with Crippen molar-refractivity contribution in [2.45, 2.75) is 50.6 Å². The molecule has 0 bridgehead atoms. The molecule has 0 saturated carbocycles. The predicted molar refractivity (Wildman–Crippen MR) is 153 cm³/mol. The highest BCUT2D eigenvalue weighted by molar-refractivity contribution is 7.92. The fraction of sp³-hybridized carbons (Fsp3) is 0.333. The molecule has 0 aliphatic heterocycles. The molecule has 0 radical (unpaired) electrons. The number of carbonyl (C=O) groups excluding carboxylic acids is 2. The highest BCUT2D eigenvalue weighted by Crippen LogP contribution is 2.27. The first-order chi connectivity index (χ1) is 18.4. The predicted octanol–water partition coefficient (Wildman–Crippen LogP) is 4.27. The van der Waals surface area contributed by atoms with Crippen molar-refractivity contribution in [3.8, 4) is 5.75 Å². The maximum Gasteiger partial charge on any atom is 0.264 e. The van der Waals surface area contributed by atoms with Crippen LogP contribution in [0.5, 0.6) is 5.75 Å². The van der Waals surface area contributed by atoms with Gasteiger partial charge in [-0.3, -0.25) is 13.9 Å². The van der Waals surface area contributed by atoms with E-state index in [9.17, 15) is 18.0 Å². The number of carbonyl (C=O) groups is 2. The first-order valence-corrected chi connectivity index (χ1v) is 14.2. The second-order valence-corrected chi connectivity index (χ2v) is 12.1. The Balaban J connectivity index is 1.99. The smallest absolute Gasteiger partial charge is 0.264 e. The van der Waals surface area contributed by atoms with Gasteiger partial charge in [0, 0.05) is 18.2 Å². The van der Waals surface area contributed by atoms with Crippen molar-refractivity contribution in [2.75, 3.05) is 24.5 Å². The summed E-state index contributed by atoms with van der Waals surface area (Å²) in [6, 6.07) is 23.3. The van der Waals surface area contributed by atoms with E-state index in [2.05, 4.69) is 5.32 Å². The van der Waals surface area contributed by atoms with E-state index in [1.54, 1.807) is 49.4 Å². The molecular weight excluding hydrogens is 514 g/mol. The van der Waals surface area contributed by atoms with Crippen LogP contribution in [0.2, 0.25) is 0 Å². The molecule has 3 aromatic rings. The molecule has 0 spiro atoms. The van der Waals surface area contributed by atoms with Crippen molar-refractivity contribution in [3.05, 3.63) is 90.5 Å². The zero-order valence-electron chi connectivity index (χ0n) is 23.1. The van der Waals surface area contributed by atoms with Crippen LogP contribution >= 0.6 is 0 Å². The number of sulfonamides is 1. The van der Waals surface area contributed by atoms with Gasteiger partial charge in [0.05, 0.1) is 17.7 Å². The summed E-state index contributed by atoms with van der Waals surface area (Å²) >= 11 is 0. The van der Waals surface area contributed by atoms with E-state index in [0.29, 0.717) is 12.2 Å². The lowest BCUT2D eigenvalue weighted by Crippen LogP contribution is -2.55. The molecule has 1 atom stereocenters. The van der Waals surface area contributed by atoms with Crippen LogP contribution in [0, 0.1) is 0 Å². The van der Waals surface area contributed by atoms with Gasteiger partial charge in [-0.15, -0.1) is 0 Å².